The van der Waals surface area contributed by atoms with Crippen molar-refractivity contribution in [3.63, 3.8) is 0 Å². The molecule has 0 radical (unpaired) electrons. The van der Waals surface area contributed by atoms with Crippen LogP contribution in [0.1, 0.15) is 30.9 Å². The molecular weight excluding hydrogens is 445 g/mol. The van der Waals surface area contributed by atoms with Crippen molar-refractivity contribution in [3.8, 4) is 0 Å². The van der Waals surface area contributed by atoms with E-state index in [9.17, 15) is 26.7 Å². The van der Waals surface area contributed by atoms with Crippen LogP contribution in [-0.2, 0) is 15.2 Å². The number of rotatable bonds is 4. The Morgan fingerprint density at radius 1 is 1.33 bits per heavy atom. The Hall–Kier alpha value is -2.11. The van der Waals surface area contributed by atoms with Gasteiger partial charge in [-0.2, -0.15) is 18.2 Å². The van der Waals surface area contributed by atoms with E-state index >= 15 is 0 Å². The summed E-state index contributed by atoms with van der Waals surface area (Å²) in [6.07, 6.45) is -3.03. The van der Waals surface area contributed by atoms with Crippen LogP contribution in [-0.4, -0.2) is 42.2 Å². The Morgan fingerprint density at radius 2 is 2.03 bits per heavy atom. The Kier molecular flexibility index (Phi) is 5.91. The van der Waals surface area contributed by atoms with Crippen molar-refractivity contribution < 1.29 is 26.7 Å². The lowest BCUT2D eigenvalue weighted by atomic mass is 9.95. The number of benzene rings is 1. The Balaban J connectivity index is 2.02. The van der Waals surface area contributed by atoms with Crippen LogP contribution in [0.25, 0.3) is 0 Å². The predicted molar refractivity (Wildman–Crippen MR) is 107 cm³/mol. The molecular formula is C18H20ClF3N4O3S. The summed E-state index contributed by atoms with van der Waals surface area (Å²) in [6.45, 7) is 3.36. The minimum Gasteiger partial charge on any atom is -0.388 e. The van der Waals surface area contributed by atoms with Gasteiger partial charge in [-0.15, -0.1) is 0 Å². The molecule has 0 aliphatic carbocycles. The first-order valence-electron chi connectivity index (χ1n) is 9.01. The van der Waals surface area contributed by atoms with E-state index in [1.807, 2.05) is 0 Å². The Bertz CT molecular complexity index is 1060. The number of hydrogen-bond acceptors (Lipinski definition) is 7. The van der Waals surface area contributed by atoms with Crippen molar-refractivity contribution in [1.82, 2.24) is 9.97 Å². The zero-order chi connectivity index (χ0) is 22.3. The first-order chi connectivity index (χ1) is 13.8. The summed E-state index contributed by atoms with van der Waals surface area (Å²) in [5.74, 6) is -0.491. The topological polar surface area (TPSA) is 95.4 Å². The third kappa shape index (κ3) is 4.96. The zero-order valence-corrected chi connectivity index (χ0v) is 17.7. The van der Waals surface area contributed by atoms with Crippen molar-refractivity contribution >= 4 is 37.2 Å². The monoisotopic (exact) mass is 464 g/mol. The maximum Gasteiger partial charge on any atom is 0.421 e. The van der Waals surface area contributed by atoms with Gasteiger partial charge in [-0.1, -0.05) is 6.07 Å². The van der Waals surface area contributed by atoms with Crippen molar-refractivity contribution in [2.75, 3.05) is 23.3 Å². The molecule has 1 saturated heterocycles. The molecule has 0 spiro atoms. The van der Waals surface area contributed by atoms with Gasteiger partial charge in [-0.3, -0.25) is 0 Å². The normalized spacial score (nSPS) is 20.3. The van der Waals surface area contributed by atoms with Crippen molar-refractivity contribution in [2.24, 2.45) is 0 Å². The number of alkyl halides is 3. The van der Waals surface area contributed by atoms with Gasteiger partial charge in [0, 0.05) is 35.7 Å². The summed E-state index contributed by atoms with van der Waals surface area (Å²) >= 11 is 0. The number of aromatic nitrogens is 2. The fourth-order valence-electron chi connectivity index (χ4n) is 3.41. The maximum atomic E-state index is 13.5. The average Bonchev–Trinajstić information content (AvgIpc) is 2.60. The molecule has 0 amide bonds. The maximum absolute atomic E-state index is 13.5. The largest absolute Gasteiger partial charge is 0.421 e. The van der Waals surface area contributed by atoms with E-state index in [4.69, 9.17) is 10.7 Å². The van der Waals surface area contributed by atoms with Gasteiger partial charge in [0.05, 0.1) is 10.5 Å². The molecule has 0 saturated carbocycles. The lowest BCUT2D eigenvalue weighted by Crippen LogP contribution is -2.47. The van der Waals surface area contributed by atoms with Crippen LogP contribution >= 0.6 is 10.7 Å². The van der Waals surface area contributed by atoms with Gasteiger partial charge in [0.1, 0.15) is 11.4 Å². The van der Waals surface area contributed by atoms with E-state index in [1.54, 1.807) is 6.92 Å². The van der Waals surface area contributed by atoms with Crippen LogP contribution in [0.15, 0.2) is 29.3 Å². The minimum absolute atomic E-state index is 0.00840. The number of piperidine rings is 1. The molecule has 0 unspecified atom stereocenters. The molecule has 30 heavy (non-hydrogen) atoms. The van der Waals surface area contributed by atoms with Crippen LogP contribution in [0.5, 0.6) is 0 Å². The Morgan fingerprint density at radius 3 is 2.63 bits per heavy atom. The van der Waals surface area contributed by atoms with Gasteiger partial charge in [0.15, 0.2) is 0 Å². The molecule has 1 aliphatic rings. The highest BCUT2D eigenvalue weighted by atomic mass is 35.7. The number of β-amino-alcohol motifs (C(OH)–C–C–N with tert-alkyl or cyclic N) is 1. The summed E-state index contributed by atoms with van der Waals surface area (Å²) in [7, 11) is 1.42. The smallest absolute Gasteiger partial charge is 0.388 e. The lowest BCUT2D eigenvalue weighted by molar-refractivity contribution is -0.137. The molecule has 1 aliphatic heterocycles. The second-order valence-corrected chi connectivity index (χ2v) is 9.98. The molecule has 12 heteroatoms. The summed E-state index contributed by atoms with van der Waals surface area (Å²) in [5.41, 5.74) is -1.59. The molecule has 1 atom stereocenters. The van der Waals surface area contributed by atoms with E-state index in [-0.39, 0.29) is 34.5 Å². The number of halogens is 4. The van der Waals surface area contributed by atoms with Gasteiger partial charge < -0.3 is 15.3 Å². The van der Waals surface area contributed by atoms with Crippen molar-refractivity contribution in [2.45, 2.75) is 43.4 Å². The highest BCUT2D eigenvalue weighted by molar-refractivity contribution is 8.13. The lowest BCUT2D eigenvalue weighted by Gasteiger charge is -2.38. The van der Waals surface area contributed by atoms with Crippen LogP contribution in [0, 0.1) is 6.92 Å². The third-order valence-corrected chi connectivity index (χ3v) is 6.31. The molecule has 1 aromatic carbocycles. The zero-order valence-electron chi connectivity index (χ0n) is 16.2. The fourth-order valence-corrected chi connectivity index (χ4v) is 4.63. The number of anilines is 3. The molecule has 1 fully saturated rings. The van der Waals surface area contributed by atoms with E-state index in [0.717, 1.165) is 0 Å². The first kappa shape index (κ1) is 22.6. The molecule has 0 bridgehead atoms. The van der Waals surface area contributed by atoms with Crippen LogP contribution in [0.3, 0.4) is 0 Å². The van der Waals surface area contributed by atoms with Crippen molar-refractivity contribution in [3.05, 3.63) is 35.5 Å². The van der Waals surface area contributed by atoms with E-state index in [1.165, 1.54) is 30.0 Å². The number of nitrogens with one attached hydrogen (secondary N) is 1. The fraction of sp³-hybridized carbons (Fsp3) is 0.444. The summed E-state index contributed by atoms with van der Waals surface area (Å²) in [5, 5.41) is 13.1. The van der Waals surface area contributed by atoms with Gasteiger partial charge in [0.25, 0.3) is 9.05 Å². The molecule has 2 aromatic rings. The van der Waals surface area contributed by atoms with Crippen LogP contribution < -0.4 is 10.2 Å². The molecule has 1 aromatic heterocycles. The molecule has 2 heterocycles. The minimum atomic E-state index is -4.68. The highest BCUT2D eigenvalue weighted by Gasteiger charge is 2.39. The van der Waals surface area contributed by atoms with Gasteiger partial charge in [-0.25, -0.2) is 13.4 Å². The summed E-state index contributed by atoms with van der Waals surface area (Å²) < 4.78 is 64.0. The number of aliphatic hydroxyl groups is 1. The molecule has 7 nitrogen and oxygen atoms in total. The Labute approximate surface area is 176 Å². The van der Waals surface area contributed by atoms with Crippen LogP contribution in [0.2, 0.25) is 0 Å². The first-order valence-corrected chi connectivity index (χ1v) is 11.3. The molecule has 3 rings (SSSR count). The molecule has 2 N–H and O–H groups in total. The molecule has 164 valence electrons. The second kappa shape index (κ2) is 7.86. The predicted octanol–water partition coefficient (Wildman–Crippen LogP) is 3.83. The number of nitrogens with zero attached hydrogens (tertiary/aromatic N) is 3. The quantitative estimate of drug-likeness (QED) is 0.664. The third-order valence-electron chi connectivity index (χ3n) is 4.84. The summed E-state index contributed by atoms with van der Waals surface area (Å²) in [6, 6.07) is 4.29. The number of hydrogen-bond donors (Lipinski definition) is 2. The van der Waals surface area contributed by atoms with Crippen molar-refractivity contribution in [1.29, 1.82) is 0 Å². The van der Waals surface area contributed by atoms with E-state index < -0.39 is 26.4 Å². The van der Waals surface area contributed by atoms with Crippen LogP contribution in [0.4, 0.5) is 30.6 Å². The standard InChI is InChI=1S/C18H20ClF3N4O3S/c1-11-13(5-3-6-14(11)30(19,28)29)24-16-23-9-12(18(20,21)22)15(25-16)26-8-4-7-17(2,27)10-26/h3,5-6,9,27H,4,7-8,10H2,1-2H3,(H,23,24,25)/t17-/m0/s1. The van der Waals surface area contributed by atoms with Gasteiger partial charge in [0.2, 0.25) is 5.95 Å². The highest BCUT2D eigenvalue weighted by Crippen LogP contribution is 2.38. The SMILES string of the molecule is Cc1c(Nc2ncc(C(F)(F)F)c(N3CCC[C@](C)(O)C3)n2)cccc1S(=O)(=O)Cl. The second-order valence-electron chi connectivity index (χ2n) is 7.44. The van der Waals surface area contributed by atoms with E-state index in [0.29, 0.717) is 25.6 Å². The average molecular weight is 465 g/mol. The summed E-state index contributed by atoms with van der Waals surface area (Å²) in [4.78, 5) is 9.05. The van der Waals surface area contributed by atoms with Gasteiger partial charge in [-0.05, 0) is 44.4 Å². The van der Waals surface area contributed by atoms with E-state index in [2.05, 4.69) is 15.3 Å². The van der Waals surface area contributed by atoms with Gasteiger partial charge >= 0.3 is 6.18 Å².